The molecule has 26 heavy (non-hydrogen) atoms. The molecule has 1 fully saturated rings. The first-order valence-electron chi connectivity index (χ1n) is 9.20. The van der Waals surface area contributed by atoms with Gasteiger partial charge in [0.15, 0.2) is 0 Å². The maximum atomic E-state index is 9.45. The van der Waals surface area contributed by atoms with Gasteiger partial charge in [0.25, 0.3) is 0 Å². The lowest BCUT2D eigenvalue weighted by molar-refractivity contribution is 0.253. The first-order chi connectivity index (χ1) is 12.9. The van der Waals surface area contributed by atoms with Crippen molar-refractivity contribution < 1.29 is 0 Å². The second kappa shape index (κ2) is 7.55. The Morgan fingerprint density at radius 1 is 0.885 bits per heavy atom. The molecule has 1 saturated heterocycles. The summed E-state index contributed by atoms with van der Waals surface area (Å²) in [4.78, 5) is 4.13. The van der Waals surface area contributed by atoms with Crippen LogP contribution in [0.1, 0.15) is 30.4 Å². The molecule has 1 aromatic heterocycles. The van der Waals surface area contributed by atoms with Crippen LogP contribution in [0, 0.1) is 11.3 Å². The third-order valence-electron chi connectivity index (χ3n) is 5.04. The van der Waals surface area contributed by atoms with E-state index in [0.29, 0.717) is 0 Å². The van der Waals surface area contributed by atoms with Crippen LogP contribution in [0.4, 0.5) is 5.69 Å². The topological polar surface area (TPSA) is 43.2 Å². The highest BCUT2D eigenvalue weighted by Crippen LogP contribution is 2.32. The monoisotopic (exact) mass is 342 g/mol. The van der Waals surface area contributed by atoms with Crippen LogP contribution >= 0.6 is 0 Å². The van der Waals surface area contributed by atoms with Gasteiger partial charge in [0, 0.05) is 42.8 Å². The number of benzene rings is 2. The van der Waals surface area contributed by atoms with Crippen LogP contribution in [0.2, 0.25) is 0 Å². The average Bonchev–Trinajstić information content (AvgIpc) is 2.93. The minimum atomic E-state index is 0.736. The second-order valence-electron chi connectivity index (χ2n) is 6.72. The van der Waals surface area contributed by atoms with Crippen molar-refractivity contribution in [2.45, 2.75) is 25.8 Å². The molecule has 2 heterocycles. The van der Waals surface area contributed by atoms with Crippen molar-refractivity contribution in [2.75, 3.05) is 18.1 Å². The van der Waals surface area contributed by atoms with E-state index in [-0.39, 0.29) is 0 Å². The van der Waals surface area contributed by atoms with E-state index in [2.05, 4.69) is 51.4 Å². The highest BCUT2D eigenvalue weighted by atomic mass is 15.6. The van der Waals surface area contributed by atoms with Crippen molar-refractivity contribution in [3.05, 3.63) is 72.1 Å². The summed E-state index contributed by atoms with van der Waals surface area (Å²) in [7, 11) is 0. The minimum absolute atomic E-state index is 0.736. The molecule has 0 aliphatic carbocycles. The third kappa shape index (κ3) is 3.26. The van der Waals surface area contributed by atoms with E-state index in [1.165, 1.54) is 30.5 Å². The van der Waals surface area contributed by atoms with Gasteiger partial charge in [-0.05, 0) is 42.7 Å². The lowest BCUT2D eigenvalue weighted by Gasteiger charge is -2.36. The predicted octanol–water partition coefficient (Wildman–Crippen LogP) is 4.51. The molecule has 0 radical (unpaired) electrons. The van der Waals surface area contributed by atoms with Crippen LogP contribution in [0.15, 0.2) is 60.9 Å². The Hall–Kier alpha value is -2.90. The first-order valence-corrected chi connectivity index (χ1v) is 9.20. The van der Waals surface area contributed by atoms with E-state index in [4.69, 9.17) is 0 Å². The Kier molecular flexibility index (Phi) is 4.81. The molecular weight excluding hydrogens is 320 g/mol. The van der Waals surface area contributed by atoms with Gasteiger partial charge in [-0.1, -0.05) is 30.7 Å². The molecule has 0 bridgehead atoms. The lowest BCUT2D eigenvalue weighted by Crippen LogP contribution is -2.42. The molecule has 1 aliphatic heterocycles. The van der Waals surface area contributed by atoms with Crippen molar-refractivity contribution in [1.29, 1.82) is 5.26 Å². The van der Waals surface area contributed by atoms with Crippen molar-refractivity contribution in [2.24, 2.45) is 0 Å². The van der Waals surface area contributed by atoms with E-state index < -0.39 is 0 Å². The molecule has 130 valence electrons. The molecular formula is C22H22N4. The Morgan fingerprint density at radius 2 is 1.65 bits per heavy atom. The standard InChI is InChI=1S/C22H22N4/c23-16-19-8-9-22(21-7-3-2-6-20(19)21)26-15-5-1-4-14-25(26)17-18-10-12-24-13-11-18/h2-3,6-13H,1,4-5,14-15,17H2. The number of rotatable bonds is 3. The Morgan fingerprint density at radius 3 is 2.46 bits per heavy atom. The van der Waals surface area contributed by atoms with Crippen LogP contribution in [-0.4, -0.2) is 23.1 Å². The SMILES string of the molecule is N#Cc1ccc(N2CCCCCN2Cc2ccncc2)c2ccccc12. The highest BCUT2D eigenvalue weighted by molar-refractivity contribution is 5.97. The number of aromatic nitrogens is 1. The van der Waals surface area contributed by atoms with E-state index in [1.807, 2.05) is 30.6 Å². The predicted molar refractivity (Wildman–Crippen MR) is 105 cm³/mol. The molecule has 4 nitrogen and oxygen atoms in total. The van der Waals surface area contributed by atoms with E-state index in [0.717, 1.165) is 36.0 Å². The van der Waals surface area contributed by atoms with Crippen LogP contribution in [0.3, 0.4) is 0 Å². The van der Waals surface area contributed by atoms with Gasteiger partial charge in [0.2, 0.25) is 0 Å². The van der Waals surface area contributed by atoms with Crippen molar-refractivity contribution in [1.82, 2.24) is 9.99 Å². The highest BCUT2D eigenvalue weighted by Gasteiger charge is 2.21. The molecule has 0 amide bonds. The fourth-order valence-electron chi connectivity index (χ4n) is 3.74. The maximum Gasteiger partial charge on any atom is 0.0998 e. The molecule has 0 saturated carbocycles. The maximum absolute atomic E-state index is 9.45. The first kappa shape index (κ1) is 16.6. The summed E-state index contributed by atoms with van der Waals surface area (Å²) >= 11 is 0. The largest absolute Gasteiger partial charge is 0.305 e. The zero-order valence-corrected chi connectivity index (χ0v) is 14.8. The smallest absolute Gasteiger partial charge is 0.0998 e. The molecule has 3 aromatic rings. The summed E-state index contributed by atoms with van der Waals surface area (Å²) in [6, 6.07) is 18.8. The van der Waals surface area contributed by atoms with Crippen LogP contribution in [0.5, 0.6) is 0 Å². The van der Waals surface area contributed by atoms with Gasteiger partial charge in [0.05, 0.1) is 17.3 Å². The number of nitrogens with zero attached hydrogens (tertiary/aromatic N) is 4. The molecule has 0 unspecified atom stereocenters. The van der Waals surface area contributed by atoms with Crippen molar-refractivity contribution in [3.63, 3.8) is 0 Å². The van der Waals surface area contributed by atoms with Gasteiger partial charge in [-0.25, -0.2) is 5.01 Å². The number of hydrogen-bond donors (Lipinski definition) is 0. The van der Waals surface area contributed by atoms with Gasteiger partial charge >= 0.3 is 0 Å². The van der Waals surface area contributed by atoms with Gasteiger partial charge in [-0.15, -0.1) is 0 Å². The van der Waals surface area contributed by atoms with Gasteiger partial charge in [0.1, 0.15) is 0 Å². The molecule has 0 N–H and O–H groups in total. The summed E-state index contributed by atoms with van der Waals surface area (Å²) in [5.41, 5.74) is 3.19. The number of hydrazine groups is 1. The average molecular weight is 342 g/mol. The number of hydrogen-bond acceptors (Lipinski definition) is 4. The second-order valence-corrected chi connectivity index (χ2v) is 6.72. The molecule has 4 heteroatoms. The molecule has 0 spiro atoms. The summed E-state index contributed by atoms with van der Waals surface area (Å²) in [5.74, 6) is 0. The molecule has 1 aliphatic rings. The number of anilines is 1. The minimum Gasteiger partial charge on any atom is -0.305 e. The van der Waals surface area contributed by atoms with Crippen molar-refractivity contribution >= 4 is 16.5 Å². The number of pyridine rings is 1. The quantitative estimate of drug-likeness (QED) is 0.702. The molecule has 4 rings (SSSR count). The van der Waals surface area contributed by atoms with E-state index >= 15 is 0 Å². The van der Waals surface area contributed by atoms with E-state index in [9.17, 15) is 5.26 Å². The zero-order valence-electron chi connectivity index (χ0n) is 14.8. The summed E-state index contributed by atoms with van der Waals surface area (Å²) < 4.78 is 0. The Balaban J connectivity index is 1.76. The van der Waals surface area contributed by atoms with Gasteiger partial charge in [-0.2, -0.15) is 5.26 Å². The van der Waals surface area contributed by atoms with Crippen molar-refractivity contribution in [3.8, 4) is 6.07 Å². The summed E-state index contributed by atoms with van der Waals surface area (Å²) in [5, 5.41) is 16.5. The zero-order chi connectivity index (χ0) is 17.8. The fraction of sp³-hybridized carbons (Fsp3) is 0.273. The summed E-state index contributed by atoms with van der Waals surface area (Å²) in [6.07, 6.45) is 7.34. The Labute approximate surface area is 154 Å². The fourth-order valence-corrected chi connectivity index (χ4v) is 3.74. The van der Waals surface area contributed by atoms with Crippen LogP contribution in [-0.2, 0) is 6.54 Å². The van der Waals surface area contributed by atoms with Gasteiger partial charge in [-0.3, -0.25) is 4.98 Å². The summed E-state index contributed by atoms with van der Waals surface area (Å²) in [6.45, 7) is 2.91. The van der Waals surface area contributed by atoms with Crippen LogP contribution in [0.25, 0.3) is 10.8 Å². The van der Waals surface area contributed by atoms with Crippen LogP contribution < -0.4 is 5.01 Å². The third-order valence-corrected chi connectivity index (χ3v) is 5.04. The van der Waals surface area contributed by atoms with Gasteiger partial charge < -0.3 is 5.01 Å². The number of nitriles is 1. The molecule has 0 atom stereocenters. The number of fused-ring (bicyclic) bond motifs is 1. The Bertz CT molecular complexity index is 930. The van der Waals surface area contributed by atoms with E-state index in [1.54, 1.807) is 0 Å². The lowest BCUT2D eigenvalue weighted by atomic mass is 10.0. The molecule has 2 aromatic carbocycles. The normalized spacial score (nSPS) is 15.6.